The summed E-state index contributed by atoms with van der Waals surface area (Å²) in [7, 11) is 0. The van der Waals surface area contributed by atoms with Crippen molar-refractivity contribution >= 4 is 10.9 Å². The lowest BCUT2D eigenvalue weighted by Crippen LogP contribution is -2.30. The summed E-state index contributed by atoms with van der Waals surface area (Å²) < 4.78 is 14.0. The lowest BCUT2D eigenvalue weighted by atomic mass is 9.95. The lowest BCUT2D eigenvalue weighted by Gasteiger charge is -2.29. The fourth-order valence-electron chi connectivity index (χ4n) is 3.72. The molecule has 1 saturated heterocycles. The first kappa shape index (κ1) is 10.6. The van der Waals surface area contributed by atoms with Crippen molar-refractivity contribution in [3.05, 3.63) is 34.8 Å². The third-order valence-corrected chi connectivity index (χ3v) is 4.47. The van der Waals surface area contributed by atoms with Crippen LogP contribution >= 0.6 is 0 Å². The number of halogens is 1. The quantitative estimate of drug-likeness (QED) is 0.753. The smallest absolute Gasteiger partial charge is 0.147 e. The normalized spacial score (nSPS) is 23.3. The van der Waals surface area contributed by atoms with E-state index >= 15 is 0 Å². The summed E-state index contributed by atoms with van der Waals surface area (Å²) >= 11 is 0. The Balaban J connectivity index is 2.02. The standard InChI is InChI=1S/C15H17FN2/c1-9-7-10-14-12(17-15(10)11(16)8-9)4-6-18-5-2-3-13(14)18/h7-8,13,17H,2-6H2,1H3/t13-/m1/s1. The molecule has 1 aromatic carbocycles. The van der Waals surface area contributed by atoms with Gasteiger partial charge in [-0.05, 0) is 49.6 Å². The molecule has 2 aromatic rings. The van der Waals surface area contributed by atoms with Gasteiger partial charge in [0.15, 0.2) is 0 Å². The molecule has 3 heteroatoms. The number of aromatic amines is 1. The Morgan fingerprint density at radius 1 is 1.33 bits per heavy atom. The van der Waals surface area contributed by atoms with E-state index in [0.29, 0.717) is 11.6 Å². The molecule has 1 fully saturated rings. The molecule has 2 aliphatic heterocycles. The molecule has 94 valence electrons. The summed E-state index contributed by atoms with van der Waals surface area (Å²) in [5.74, 6) is -0.107. The highest BCUT2D eigenvalue weighted by Crippen LogP contribution is 2.42. The van der Waals surface area contributed by atoms with Gasteiger partial charge in [-0.25, -0.2) is 4.39 Å². The highest BCUT2D eigenvalue weighted by molar-refractivity contribution is 5.86. The molecule has 3 heterocycles. The van der Waals surface area contributed by atoms with Crippen molar-refractivity contribution in [2.24, 2.45) is 0 Å². The predicted octanol–water partition coefficient (Wildman–Crippen LogP) is 3.31. The summed E-state index contributed by atoms with van der Waals surface area (Å²) in [6, 6.07) is 4.27. The lowest BCUT2D eigenvalue weighted by molar-refractivity contribution is 0.244. The topological polar surface area (TPSA) is 19.0 Å². The van der Waals surface area contributed by atoms with Crippen LogP contribution in [0, 0.1) is 12.7 Å². The van der Waals surface area contributed by atoms with Crippen molar-refractivity contribution in [3.8, 4) is 0 Å². The maximum atomic E-state index is 14.0. The minimum atomic E-state index is -0.107. The van der Waals surface area contributed by atoms with Crippen LogP contribution in [0.25, 0.3) is 10.9 Å². The van der Waals surface area contributed by atoms with Gasteiger partial charge in [-0.1, -0.05) is 0 Å². The second kappa shape index (κ2) is 3.58. The SMILES string of the molecule is Cc1cc(F)c2[nH]c3c(c2c1)[C@H]1CCCN1CC3. The molecule has 1 atom stereocenters. The van der Waals surface area contributed by atoms with Gasteiger partial charge in [0, 0.05) is 30.1 Å². The molecule has 2 aliphatic rings. The van der Waals surface area contributed by atoms with Gasteiger partial charge in [0.05, 0.1) is 5.52 Å². The van der Waals surface area contributed by atoms with Gasteiger partial charge in [-0.2, -0.15) is 0 Å². The predicted molar refractivity (Wildman–Crippen MR) is 70.2 cm³/mol. The zero-order valence-electron chi connectivity index (χ0n) is 10.6. The summed E-state index contributed by atoms with van der Waals surface area (Å²) in [6.07, 6.45) is 3.51. The van der Waals surface area contributed by atoms with E-state index < -0.39 is 0 Å². The van der Waals surface area contributed by atoms with E-state index in [-0.39, 0.29) is 5.82 Å². The molecule has 2 nitrogen and oxygen atoms in total. The first-order valence-corrected chi connectivity index (χ1v) is 6.78. The van der Waals surface area contributed by atoms with Crippen molar-refractivity contribution in [1.29, 1.82) is 0 Å². The van der Waals surface area contributed by atoms with Crippen LogP contribution in [-0.4, -0.2) is 23.0 Å². The van der Waals surface area contributed by atoms with E-state index in [1.165, 1.54) is 30.6 Å². The number of hydrogen-bond acceptors (Lipinski definition) is 1. The largest absolute Gasteiger partial charge is 0.356 e. The number of hydrogen-bond donors (Lipinski definition) is 1. The Hall–Kier alpha value is -1.35. The zero-order chi connectivity index (χ0) is 12.3. The first-order valence-electron chi connectivity index (χ1n) is 6.78. The molecule has 0 aliphatic carbocycles. The van der Waals surface area contributed by atoms with Crippen molar-refractivity contribution in [2.45, 2.75) is 32.2 Å². The Labute approximate surface area is 106 Å². The Kier molecular flexibility index (Phi) is 2.10. The number of H-pyrrole nitrogens is 1. The van der Waals surface area contributed by atoms with Gasteiger partial charge < -0.3 is 4.98 Å². The van der Waals surface area contributed by atoms with Crippen molar-refractivity contribution in [2.75, 3.05) is 13.1 Å². The fourth-order valence-corrected chi connectivity index (χ4v) is 3.72. The van der Waals surface area contributed by atoms with Crippen LogP contribution < -0.4 is 0 Å². The minimum Gasteiger partial charge on any atom is -0.356 e. The van der Waals surface area contributed by atoms with E-state index in [0.717, 1.165) is 23.9 Å². The maximum Gasteiger partial charge on any atom is 0.147 e. The molecule has 1 N–H and O–H groups in total. The summed E-state index contributed by atoms with van der Waals surface area (Å²) in [6.45, 7) is 4.29. The van der Waals surface area contributed by atoms with E-state index in [9.17, 15) is 4.39 Å². The van der Waals surface area contributed by atoms with E-state index in [2.05, 4.69) is 16.0 Å². The molecule has 0 radical (unpaired) electrons. The number of nitrogens with zero attached hydrogens (tertiary/aromatic N) is 1. The van der Waals surface area contributed by atoms with Crippen molar-refractivity contribution in [3.63, 3.8) is 0 Å². The van der Waals surface area contributed by atoms with E-state index in [1.807, 2.05) is 6.92 Å². The van der Waals surface area contributed by atoms with E-state index in [1.54, 1.807) is 6.07 Å². The molecule has 0 amide bonds. The van der Waals surface area contributed by atoms with Gasteiger partial charge in [-0.15, -0.1) is 0 Å². The molecule has 0 saturated carbocycles. The molecular weight excluding hydrogens is 227 g/mol. The monoisotopic (exact) mass is 244 g/mol. The van der Waals surface area contributed by atoms with Gasteiger partial charge in [0.2, 0.25) is 0 Å². The maximum absolute atomic E-state index is 14.0. The zero-order valence-corrected chi connectivity index (χ0v) is 10.6. The molecule has 0 bridgehead atoms. The van der Waals surface area contributed by atoms with Crippen molar-refractivity contribution < 1.29 is 4.39 Å². The number of aromatic nitrogens is 1. The Morgan fingerprint density at radius 3 is 3.11 bits per heavy atom. The van der Waals surface area contributed by atoms with Crippen LogP contribution in [0.1, 0.15) is 35.7 Å². The summed E-state index contributed by atoms with van der Waals surface area (Å²) in [4.78, 5) is 5.87. The van der Waals surface area contributed by atoms with Crippen LogP contribution in [0.5, 0.6) is 0 Å². The Morgan fingerprint density at radius 2 is 2.22 bits per heavy atom. The third kappa shape index (κ3) is 1.31. The van der Waals surface area contributed by atoms with Gasteiger partial charge in [0.1, 0.15) is 5.82 Å². The van der Waals surface area contributed by atoms with Gasteiger partial charge >= 0.3 is 0 Å². The second-order valence-electron chi connectivity index (χ2n) is 5.63. The first-order chi connectivity index (χ1) is 8.74. The molecule has 1 aromatic heterocycles. The fraction of sp³-hybridized carbons (Fsp3) is 0.467. The molecule has 4 rings (SSSR count). The van der Waals surface area contributed by atoms with Crippen LogP contribution in [0.15, 0.2) is 12.1 Å². The van der Waals surface area contributed by atoms with Crippen molar-refractivity contribution in [1.82, 2.24) is 9.88 Å². The van der Waals surface area contributed by atoms with Crippen LogP contribution in [0.3, 0.4) is 0 Å². The minimum absolute atomic E-state index is 0.107. The third-order valence-electron chi connectivity index (χ3n) is 4.47. The second-order valence-corrected chi connectivity index (χ2v) is 5.63. The van der Waals surface area contributed by atoms with Crippen LogP contribution in [-0.2, 0) is 6.42 Å². The number of benzene rings is 1. The highest BCUT2D eigenvalue weighted by atomic mass is 19.1. The van der Waals surface area contributed by atoms with Crippen LogP contribution in [0.2, 0.25) is 0 Å². The summed E-state index contributed by atoms with van der Waals surface area (Å²) in [5, 5.41) is 1.11. The molecule has 18 heavy (non-hydrogen) atoms. The Bertz CT molecular complexity index is 629. The van der Waals surface area contributed by atoms with E-state index in [4.69, 9.17) is 0 Å². The average Bonchev–Trinajstić information content (AvgIpc) is 2.91. The van der Waals surface area contributed by atoms with Gasteiger partial charge in [-0.3, -0.25) is 4.90 Å². The highest BCUT2D eigenvalue weighted by Gasteiger charge is 2.34. The average molecular weight is 244 g/mol. The number of fused-ring (bicyclic) bond motifs is 5. The molecule has 0 unspecified atom stereocenters. The molecular formula is C15H17FN2. The summed E-state index contributed by atoms with van der Waals surface area (Å²) in [5.41, 5.74) is 4.35. The molecule has 0 spiro atoms. The number of nitrogens with one attached hydrogen (secondary N) is 1. The van der Waals surface area contributed by atoms with Crippen LogP contribution in [0.4, 0.5) is 4.39 Å². The van der Waals surface area contributed by atoms with Gasteiger partial charge in [0.25, 0.3) is 0 Å². The number of aryl methyl sites for hydroxylation is 1. The number of rotatable bonds is 0.